The third-order valence-electron chi connectivity index (χ3n) is 0.712. The molecular formula is C4H7NO4. The molecule has 0 aromatic heterocycles. The van der Waals surface area contributed by atoms with Crippen LogP contribution >= 0.6 is 0 Å². The van der Waals surface area contributed by atoms with Crippen LogP contribution in [0.1, 0.15) is 6.42 Å². The van der Waals surface area contributed by atoms with Gasteiger partial charge in [0.1, 0.15) is 6.04 Å². The molecule has 0 saturated heterocycles. The second kappa shape index (κ2) is 3.03. The van der Waals surface area contributed by atoms with E-state index in [1.807, 2.05) is 0 Å². The second-order valence-corrected chi connectivity index (χ2v) is 1.54. The molecule has 9 heavy (non-hydrogen) atoms. The van der Waals surface area contributed by atoms with Crippen molar-refractivity contribution in [3.63, 3.8) is 0 Å². The predicted octanol–water partition coefficient (Wildman–Crippen LogP) is -1.13. The minimum Gasteiger partial charge on any atom is -0.481 e. The minimum absolute atomic E-state index is 0.532. The predicted molar refractivity (Wildman–Crippen MR) is 27.9 cm³/mol. The maximum atomic E-state index is 9.85. The standard InChI is InChI=1S/C4H7NO4/c5-2(4(8)9)1-3(6)7/h2H,1,5H2,(H,6,7)(H,8,9)/i2+1,3+1. The van der Waals surface area contributed by atoms with Gasteiger partial charge >= 0.3 is 11.9 Å². The van der Waals surface area contributed by atoms with Crippen LogP contribution in [0.3, 0.4) is 0 Å². The van der Waals surface area contributed by atoms with Gasteiger partial charge in [-0.2, -0.15) is 0 Å². The number of rotatable bonds is 3. The van der Waals surface area contributed by atoms with Gasteiger partial charge in [0.25, 0.3) is 0 Å². The normalized spacial score (nSPS) is 12.6. The first-order valence-corrected chi connectivity index (χ1v) is 2.24. The highest BCUT2D eigenvalue weighted by atomic mass is 16.5. The summed E-state index contributed by atoms with van der Waals surface area (Å²) in [7, 11) is 0. The molecule has 0 saturated carbocycles. The summed E-state index contributed by atoms with van der Waals surface area (Å²) in [5.41, 5.74) is 4.84. The number of aliphatic carboxylic acids is 2. The number of carboxylic acid groups (broad SMARTS) is 2. The Balaban J connectivity index is 3.63. The van der Waals surface area contributed by atoms with Gasteiger partial charge in [-0.05, 0) is 0 Å². The van der Waals surface area contributed by atoms with Gasteiger partial charge in [0.2, 0.25) is 0 Å². The maximum Gasteiger partial charge on any atom is 0.321 e. The van der Waals surface area contributed by atoms with Crippen LogP contribution in [0.15, 0.2) is 0 Å². The molecule has 0 aliphatic rings. The first-order valence-electron chi connectivity index (χ1n) is 2.24. The lowest BCUT2D eigenvalue weighted by atomic mass is 10.6. The molecule has 0 aliphatic carbocycles. The Morgan fingerprint density at radius 3 is 2.00 bits per heavy atom. The van der Waals surface area contributed by atoms with Crippen LogP contribution in [0.25, 0.3) is 0 Å². The first-order chi connectivity index (χ1) is 4.04. The van der Waals surface area contributed by atoms with E-state index < -0.39 is 24.4 Å². The van der Waals surface area contributed by atoms with E-state index in [4.69, 9.17) is 15.9 Å². The molecule has 52 valence electrons. The number of carbonyl (C=O) groups is 2. The Labute approximate surface area is 51.1 Å². The van der Waals surface area contributed by atoms with Crippen LogP contribution in [0.4, 0.5) is 0 Å². The van der Waals surface area contributed by atoms with Crippen molar-refractivity contribution >= 4 is 11.9 Å². The molecule has 0 aliphatic heterocycles. The minimum atomic E-state index is -1.29. The van der Waals surface area contributed by atoms with Gasteiger partial charge in [-0.1, -0.05) is 0 Å². The third-order valence-corrected chi connectivity index (χ3v) is 0.712. The van der Waals surface area contributed by atoms with Crippen molar-refractivity contribution in [3.05, 3.63) is 0 Å². The molecule has 0 spiro atoms. The zero-order chi connectivity index (χ0) is 7.44. The van der Waals surface area contributed by atoms with E-state index in [1.165, 1.54) is 0 Å². The van der Waals surface area contributed by atoms with Gasteiger partial charge in [-0.25, -0.2) is 0 Å². The van der Waals surface area contributed by atoms with Gasteiger partial charge in [-0.15, -0.1) is 0 Å². The number of carboxylic acids is 2. The van der Waals surface area contributed by atoms with Crippen LogP contribution < -0.4 is 5.73 Å². The van der Waals surface area contributed by atoms with E-state index >= 15 is 0 Å². The highest BCUT2D eigenvalue weighted by molar-refractivity contribution is 5.80. The molecule has 1 unspecified atom stereocenters. The largest absolute Gasteiger partial charge is 0.481 e. The topological polar surface area (TPSA) is 101 Å². The van der Waals surface area contributed by atoms with Crippen LogP contribution in [0, 0.1) is 0 Å². The van der Waals surface area contributed by atoms with E-state index in [-0.39, 0.29) is 0 Å². The molecule has 0 rings (SSSR count). The summed E-state index contributed by atoms with van der Waals surface area (Å²) in [6.45, 7) is 0. The van der Waals surface area contributed by atoms with Crippen molar-refractivity contribution in [2.45, 2.75) is 12.5 Å². The molecule has 0 fully saturated rings. The molecule has 5 nitrogen and oxygen atoms in total. The molecule has 0 bridgehead atoms. The van der Waals surface area contributed by atoms with Crippen molar-refractivity contribution in [1.82, 2.24) is 0 Å². The van der Waals surface area contributed by atoms with Crippen molar-refractivity contribution in [2.24, 2.45) is 5.73 Å². The van der Waals surface area contributed by atoms with E-state index in [0.717, 1.165) is 0 Å². The summed E-state index contributed by atoms with van der Waals surface area (Å²) in [5.74, 6) is -2.50. The molecule has 0 amide bonds. The number of hydrogen-bond donors (Lipinski definition) is 3. The highest BCUT2D eigenvalue weighted by Crippen LogP contribution is 1.86. The SMILES string of the molecule is N[13CH](C[13C](=O)O)C(=O)O. The lowest BCUT2D eigenvalue weighted by Gasteiger charge is -1.99. The van der Waals surface area contributed by atoms with E-state index in [2.05, 4.69) is 0 Å². The Morgan fingerprint density at radius 1 is 1.44 bits per heavy atom. The zero-order valence-electron chi connectivity index (χ0n) is 4.57. The smallest absolute Gasteiger partial charge is 0.321 e. The summed E-state index contributed by atoms with van der Waals surface area (Å²) in [6, 6.07) is -1.29. The van der Waals surface area contributed by atoms with Gasteiger partial charge in [0, 0.05) is 0 Å². The Morgan fingerprint density at radius 2 is 1.89 bits per heavy atom. The fourth-order valence-corrected chi connectivity index (χ4v) is 0.275. The van der Waals surface area contributed by atoms with Crippen LogP contribution in [-0.2, 0) is 9.59 Å². The van der Waals surface area contributed by atoms with Crippen molar-refractivity contribution in [3.8, 4) is 0 Å². The monoisotopic (exact) mass is 135 g/mol. The fraction of sp³-hybridized carbons (Fsp3) is 0.500. The Kier molecular flexibility index (Phi) is 2.66. The van der Waals surface area contributed by atoms with Crippen molar-refractivity contribution < 1.29 is 19.8 Å². The van der Waals surface area contributed by atoms with Gasteiger partial charge in [-0.3, -0.25) is 9.59 Å². The quantitative estimate of drug-likeness (QED) is 0.425. The number of hydrogen-bond acceptors (Lipinski definition) is 3. The van der Waals surface area contributed by atoms with E-state index in [0.29, 0.717) is 0 Å². The molecule has 4 N–H and O–H groups in total. The van der Waals surface area contributed by atoms with Crippen molar-refractivity contribution in [2.75, 3.05) is 0 Å². The Bertz CT molecular complexity index is 133. The van der Waals surface area contributed by atoms with Crippen LogP contribution in [0.2, 0.25) is 0 Å². The number of nitrogens with two attached hydrogens (primary N) is 1. The molecule has 0 aromatic rings. The summed E-state index contributed by atoms with van der Waals surface area (Å²) in [4.78, 5) is 19.6. The highest BCUT2D eigenvalue weighted by Gasteiger charge is 2.14. The fourth-order valence-electron chi connectivity index (χ4n) is 0.275. The lowest BCUT2D eigenvalue weighted by Crippen LogP contribution is -2.32. The van der Waals surface area contributed by atoms with Crippen molar-refractivity contribution in [1.29, 1.82) is 0 Å². The summed E-state index contributed by atoms with van der Waals surface area (Å²) in [5, 5.41) is 16.0. The molecule has 0 aromatic carbocycles. The molecule has 0 radical (unpaired) electrons. The molecule has 1 atom stereocenters. The van der Waals surface area contributed by atoms with Crippen LogP contribution in [0.5, 0.6) is 0 Å². The summed E-state index contributed by atoms with van der Waals surface area (Å²) >= 11 is 0. The average molecular weight is 135 g/mol. The van der Waals surface area contributed by atoms with E-state index in [1.54, 1.807) is 0 Å². The van der Waals surface area contributed by atoms with Gasteiger partial charge < -0.3 is 15.9 Å². The first kappa shape index (κ1) is 7.90. The second-order valence-electron chi connectivity index (χ2n) is 1.54. The average Bonchev–Trinajstić information content (AvgIpc) is 1.63. The van der Waals surface area contributed by atoms with Gasteiger partial charge in [0.15, 0.2) is 0 Å². The molecular weight excluding hydrogens is 128 g/mol. The summed E-state index contributed by atoms with van der Waals surface area (Å²) < 4.78 is 0. The third kappa shape index (κ3) is 3.48. The van der Waals surface area contributed by atoms with Crippen LogP contribution in [-0.4, -0.2) is 28.2 Å². The zero-order valence-corrected chi connectivity index (χ0v) is 4.57. The maximum absolute atomic E-state index is 9.85. The lowest BCUT2D eigenvalue weighted by molar-refractivity contribution is -0.144. The van der Waals surface area contributed by atoms with E-state index in [9.17, 15) is 9.59 Å². The molecule has 5 heteroatoms. The molecule has 0 heterocycles. The summed E-state index contributed by atoms with van der Waals surface area (Å²) in [6.07, 6.45) is -0.532. The van der Waals surface area contributed by atoms with Gasteiger partial charge in [0.05, 0.1) is 6.42 Å². The Hall–Kier alpha value is -1.10.